The molecule has 1 unspecified atom stereocenters. The third kappa shape index (κ3) is 5.05. The van der Waals surface area contributed by atoms with Crippen molar-refractivity contribution in [3.05, 3.63) is 57.4 Å². The highest BCUT2D eigenvalue weighted by atomic mass is 19.4. The first-order valence-electron chi connectivity index (χ1n) is 11.8. The number of hydrogen-bond donors (Lipinski definition) is 2. The fourth-order valence-electron chi connectivity index (χ4n) is 4.39. The minimum Gasteiger partial charge on any atom is -0.466 e. The van der Waals surface area contributed by atoms with Crippen LogP contribution >= 0.6 is 0 Å². The molecule has 2 N–H and O–H groups in total. The van der Waals surface area contributed by atoms with Gasteiger partial charge in [-0.15, -0.1) is 0 Å². The van der Waals surface area contributed by atoms with Gasteiger partial charge in [0.05, 0.1) is 36.1 Å². The van der Waals surface area contributed by atoms with Gasteiger partial charge in [0.1, 0.15) is 18.2 Å². The van der Waals surface area contributed by atoms with E-state index in [2.05, 4.69) is 30.0 Å². The first kappa shape index (κ1) is 24.9. The van der Waals surface area contributed by atoms with E-state index in [1.165, 1.54) is 29.6 Å². The minimum atomic E-state index is -4.53. The van der Waals surface area contributed by atoms with E-state index in [-0.39, 0.29) is 40.9 Å². The molecule has 1 saturated heterocycles. The molecule has 39 heavy (non-hydrogen) atoms. The summed E-state index contributed by atoms with van der Waals surface area (Å²) in [6.07, 6.45) is -1.01. The van der Waals surface area contributed by atoms with Crippen LogP contribution in [-0.4, -0.2) is 66.0 Å². The lowest BCUT2D eigenvalue weighted by Crippen LogP contribution is -2.36. The van der Waals surface area contributed by atoms with Gasteiger partial charge in [-0.3, -0.25) is 14.5 Å². The van der Waals surface area contributed by atoms with Crippen LogP contribution in [0.15, 0.2) is 40.3 Å². The highest BCUT2D eigenvalue weighted by Gasteiger charge is 2.51. The molecule has 0 radical (unpaired) electrons. The van der Waals surface area contributed by atoms with Crippen molar-refractivity contribution in [3.63, 3.8) is 0 Å². The number of pyridine rings is 1. The fraction of sp³-hybridized carbons (Fsp3) is 0.391. The topological polar surface area (TPSA) is 135 Å². The lowest BCUT2D eigenvalue weighted by Gasteiger charge is -2.18. The smallest absolute Gasteiger partial charge is 0.408 e. The fourth-order valence-corrected chi connectivity index (χ4v) is 4.39. The Balaban J connectivity index is 1.29. The summed E-state index contributed by atoms with van der Waals surface area (Å²) >= 11 is 0. The van der Waals surface area contributed by atoms with Crippen LogP contribution in [0.25, 0.3) is 22.2 Å². The van der Waals surface area contributed by atoms with Crippen molar-refractivity contribution < 1.29 is 26.7 Å². The summed E-state index contributed by atoms with van der Waals surface area (Å²) in [5.74, 6) is -3.09. The summed E-state index contributed by atoms with van der Waals surface area (Å²) in [5.41, 5.74) is -1.14. The van der Waals surface area contributed by atoms with Crippen molar-refractivity contribution in [1.29, 1.82) is 0 Å². The van der Waals surface area contributed by atoms with Crippen molar-refractivity contribution in [2.24, 2.45) is 0 Å². The van der Waals surface area contributed by atoms with Crippen LogP contribution < -0.4 is 20.9 Å². The Hall–Kier alpha value is -4.37. The lowest BCUT2D eigenvalue weighted by atomic mass is 10.2. The summed E-state index contributed by atoms with van der Waals surface area (Å²) in [6, 6.07) is 2.52. The molecule has 4 aromatic rings. The number of nitrogens with zero attached hydrogens (tertiary/aromatic N) is 6. The van der Waals surface area contributed by atoms with Crippen molar-refractivity contribution in [2.45, 2.75) is 43.5 Å². The van der Waals surface area contributed by atoms with Crippen molar-refractivity contribution in [3.8, 4) is 17.1 Å². The van der Waals surface area contributed by atoms with Gasteiger partial charge in [0, 0.05) is 35.8 Å². The third-order valence-corrected chi connectivity index (χ3v) is 6.44. The zero-order valence-electron chi connectivity index (χ0n) is 19.9. The number of rotatable bonds is 6. The molecule has 2 fully saturated rings. The molecule has 11 nitrogen and oxygen atoms in total. The first-order chi connectivity index (χ1) is 18.4. The number of alkyl halides is 5. The Bertz CT molecular complexity index is 1680. The van der Waals surface area contributed by atoms with Gasteiger partial charge in [-0.05, 0) is 12.8 Å². The van der Waals surface area contributed by atoms with E-state index in [1.807, 2.05) is 0 Å². The Morgan fingerprint density at radius 1 is 1.13 bits per heavy atom. The van der Waals surface area contributed by atoms with Crippen LogP contribution in [0.4, 0.5) is 27.8 Å². The Morgan fingerprint density at radius 3 is 2.64 bits per heavy atom. The van der Waals surface area contributed by atoms with E-state index >= 15 is 8.78 Å². The molecule has 1 atom stereocenters. The van der Waals surface area contributed by atoms with Crippen molar-refractivity contribution in [2.75, 3.05) is 18.0 Å². The number of halogens is 5. The molecule has 2 aliphatic rings. The molecule has 16 heteroatoms. The Morgan fingerprint density at radius 2 is 1.92 bits per heavy atom. The number of fused-ring (bicyclic) bond motifs is 1. The summed E-state index contributed by atoms with van der Waals surface area (Å²) in [5, 5.41) is 3.99. The quantitative estimate of drug-likeness (QED) is 0.350. The van der Waals surface area contributed by atoms with E-state index in [1.54, 1.807) is 0 Å². The largest absolute Gasteiger partial charge is 0.466 e. The van der Waals surface area contributed by atoms with Gasteiger partial charge >= 0.3 is 17.8 Å². The predicted octanol–water partition coefficient (Wildman–Crippen LogP) is 2.61. The summed E-state index contributed by atoms with van der Waals surface area (Å²) < 4.78 is 75.0. The minimum absolute atomic E-state index is 0.0261. The molecular formula is C23H19F5N8O3. The molecule has 0 bridgehead atoms. The highest BCUT2D eigenvalue weighted by Crippen LogP contribution is 2.40. The van der Waals surface area contributed by atoms with Gasteiger partial charge in [-0.25, -0.2) is 28.5 Å². The van der Waals surface area contributed by atoms with Gasteiger partial charge in [-0.2, -0.15) is 18.3 Å². The van der Waals surface area contributed by atoms with Gasteiger partial charge in [-0.1, -0.05) is 0 Å². The average Bonchev–Trinajstić information content (AvgIpc) is 3.58. The van der Waals surface area contributed by atoms with Crippen molar-refractivity contribution in [1.82, 2.24) is 34.7 Å². The lowest BCUT2D eigenvalue weighted by molar-refractivity contribution is -0.141. The second-order valence-electron chi connectivity index (χ2n) is 9.48. The van der Waals surface area contributed by atoms with Gasteiger partial charge in [0.25, 0.3) is 5.56 Å². The van der Waals surface area contributed by atoms with E-state index in [0.29, 0.717) is 15.9 Å². The van der Waals surface area contributed by atoms with Crippen LogP contribution in [0, 0.1) is 0 Å². The van der Waals surface area contributed by atoms with Crippen molar-refractivity contribution >= 4 is 16.7 Å². The number of hydrogen-bond acceptors (Lipinski definition) is 8. The molecule has 1 aliphatic heterocycles. The predicted molar refractivity (Wildman–Crippen MR) is 126 cm³/mol. The third-order valence-electron chi connectivity index (χ3n) is 6.44. The monoisotopic (exact) mass is 550 g/mol. The van der Waals surface area contributed by atoms with Crippen LogP contribution in [0.1, 0.15) is 24.6 Å². The standard InChI is InChI=1S/C23H19F5N8O3/c24-22(25)9-35(8-16(22)39-18-4-15-12(5-29-18)6-31-36(15)10-23(26,27)28)17-3-14(32-19(33-17)11-1-2-11)13-7-30-21(38)34-20(13)37/h3-7,11,16H,1-2,8-10H2,(H2,30,34,37,38). The molecule has 6 rings (SSSR count). The number of nitrogens with one attached hydrogen (secondary N) is 2. The second kappa shape index (κ2) is 8.84. The Labute approximate surface area is 214 Å². The molecule has 0 amide bonds. The zero-order chi connectivity index (χ0) is 27.5. The van der Waals surface area contributed by atoms with E-state index in [0.717, 1.165) is 18.9 Å². The van der Waals surface area contributed by atoms with E-state index in [4.69, 9.17) is 4.74 Å². The van der Waals surface area contributed by atoms with Gasteiger partial charge < -0.3 is 14.6 Å². The maximum atomic E-state index is 15.1. The maximum absolute atomic E-state index is 15.1. The van der Waals surface area contributed by atoms with Gasteiger partial charge in [0.15, 0.2) is 6.10 Å². The van der Waals surface area contributed by atoms with Crippen LogP contribution in [0.2, 0.25) is 0 Å². The summed E-state index contributed by atoms with van der Waals surface area (Å²) in [7, 11) is 0. The Kier molecular flexibility index (Phi) is 5.65. The number of ether oxygens (including phenoxy) is 1. The number of aromatic nitrogens is 7. The second-order valence-corrected chi connectivity index (χ2v) is 9.48. The van der Waals surface area contributed by atoms with Gasteiger partial charge in [0.2, 0.25) is 5.88 Å². The van der Waals surface area contributed by atoms with Crippen LogP contribution in [-0.2, 0) is 6.54 Å². The molecule has 204 valence electrons. The highest BCUT2D eigenvalue weighted by molar-refractivity contribution is 5.78. The number of H-pyrrole nitrogens is 2. The summed E-state index contributed by atoms with van der Waals surface area (Å²) in [6.45, 7) is -2.45. The molecule has 0 spiro atoms. The normalized spacial score (nSPS) is 19.1. The molecule has 0 aromatic carbocycles. The molecule has 1 aliphatic carbocycles. The van der Waals surface area contributed by atoms with E-state index in [9.17, 15) is 22.8 Å². The number of aromatic amines is 2. The van der Waals surface area contributed by atoms with Crippen LogP contribution in [0.3, 0.4) is 0 Å². The average molecular weight is 550 g/mol. The first-order valence-corrected chi connectivity index (χ1v) is 11.8. The maximum Gasteiger partial charge on any atom is 0.408 e. The molecule has 4 aromatic heterocycles. The van der Waals surface area contributed by atoms with Crippen LogP contribution in [0.5, 0.6) is 5.88 Å². The molecule has 5 heterocycles. The van der Waals surface area contributed by atoms with E-state index < -0.39 is 42.5 Å². The zero-order valence-corrected chi connectivity index (χ0v) is 19.9. The molecular weight excluding hydrogens is 531 g/mol. The molecule has 1 saturated carbocycles. The summed E-state index contributed by atoms with van der Waals surface area (Å²) in [4.78, 5) is 42.3. The number of anilines is 1. The SMILES string of the molecule is O=c1[nH]cc(-c2cc(N3CC(Oc4cc5c(cn4)cnn5CC(F)(F)F)C(F)(F)C3)nc(C3CC3)n2)c(=O)[nH]1.